The Morgan fingerprint density at radius 2 is 0.646 bits per heavy atom. The van der Waals surface area contributed by atoms with Crippen molar-refractivity contribution in [2.75, 3.05) is 13.2 Å². The predicted molar refractivity (Wildman–Crippen MR) is 211 cm³/mol. The molecule has 3 rings (SSSR count). The first kappa shape index (κ1) is 44.2. The van der Waals surface area contributed by atoms with E-state index >= 15 is 0 Å². The molecule has 3 aromatic carbocycles. The van der Waals surface area contributed by atoms with Crippen LogP contribution in [0.3, 0.4) is 0 Å². The normalized spacial score (nSPS) is 11.9. The van der Waals surface area contributed by atoms with E-state index in [1.807, 2.05) is 13.8 Å². The summed E-state index contributed by atoms with van der Waals surface area (Å²) < 4.78 is 4.83. The molecule has 1 nitrogen and oxygen atoms in total. The van der Waals surface area contributed by atoms with Gasteiger partial charge in [-0.3, -0.25) is 0 Å². The van der Waals surface area contributed by atoms with E-state index in [0.717, 1.165) is 13.2 Å². The fourth-order valence-electron chi connectivity index (χ4n) is 6.60. The summed E-state index contributed by atoms with van der Waals surface area (Å²) in [5, 5.41) is 0. The Bertz CT molecular complexity index is 1270. The summed E-state index contributed by atoms with van der Waals surface area (Å²) in [7, 11) is 0. The number of hydrogen-bond donors (Lipinski definition) is 0. The zero-order valence-corrected chi connectivity index (χ0v) is 34.8. The molecule has 3 aromatic rings. The standard InChI is InChI=1S/C42H61.C4H10O.Li/c1-23(2)31-17-35(27(9)10)41(36(18-31)28(11)12)39-22-40(34(26(7)8)21-33(39)25(5)6)42-37(29(13)14)19-32(24(3)4)20-38(42)30(15)16;1-3-5-4-2;/h17-21,23-30H,1-16H3;3-4H2,1-2H3;/q-1;;+1. The molecule has 0 saturated carbocycles. The van der Waals surface area contributed by atoms with Crippen LogP contribution in [0.1, 0.15) is 216 Å². The Hall–Kier alpha value is -1.78. The number of ether oxygens (including phenoxy) is 1. The first-order valence-electron chi connectivity index (χ1n) is 18.9. The van der Waals surface area contributed by atoms with Crippen molar-refractivity contribution in [1.29, 1.82) is 0 Å². The van der Waals surface area contributed by atoms with Crippen molar-refractivity contribution in [3.05, 3.63) is 80.9 Å². The molecular weight excluding hydrogens is 575 g/mol. The Kier molecular flexibility index (Phi) is 18.0. The molecule has 262 valence electrons. The second-order valence-electron chi connectivity index (χ2n) is 16.1. The summed E-state index contributed by atoms with van der Waals surface area (Å²) in [5.74, 6) is 3.55. The summed E-state index contributed by atoms with van der Waals surface area (Å²) in [5.41, 5.74) is 17.1. The first-order valence-corrected chi connectivity index (χ1v) is 18.9. The van der Waals surface area contributed by atoms with Gasteiger partial charge in [0, 0.05) is 13.2 Å². The van der Waals surface area contributed by atoms with Gasteiger partial charge in [0.25, 0.3) is 0 Å². The van der Waals surface area contributed by atoms with Gasteiger partial charge in [-0.25, -0.2) is 0 Å². The van der Waals surface area contributed by atoms with Gasteiger partial charge >= 0.3 is 18.9 Å². The molecule has 0 fully saturated rings. The average Bonchev–Trinajstić information content (AvgIpc) is 2.99. The Morgan fingerprint density at radius 1 is 0.396 bits per heavy atom. The monoisotopic (exact) mass is 647 g/mol. The van der Waals surface area contributed by atoms with Crippen LogP contribution < -0.4 is 18.9 Å². The molecule has 0 aliphatic rings. The van der Waals surface area contributed by atoms with Crippen LogP contribution in [0.2, 0.25) is 0 Å². The third-order valence-corrected chi connectivity index (χ3v) is 9.56. The van der Waals surface area contributed by atoms with E-state index in [0.29, 0.717) is 47.3 Å². The first-order chi connectivity index (χ1) is 21.9. The van der Waals surface area contributed by atoms with Gasteiger partial charge in [-0.1, -0.05) is 168 Å². The van der Waals surface area contributed by atoms with Crippen molar-refractivity contribution in [2.45, 2.75) is 172 Å². The molecule has 0 saturated heterocycles. The fraction of sp³-hybridized carbons (Fsp3) is 0.609. The van der Waals surface area contributed by atoms with Crippen LogP contribution in [0.25, 0.3) is 22.3 Å². The van der Waals surface area contributed by atoms with Crippen LogP contribution >= 0.6 is 0 Å². The molecule has 48 heavy (non-hydrogen) atoms. The van der Waals surface area contributed by atoms with Gasteiger partial charge in [0.15, 0.2) is 0 Å². The van der Waals surface area contributed by atoms with E-state index in [9.17, 15) is 0 Å². The van der Waals surface area contributed by atoms with E-state index in [1.54, 1.807) is 0 Å². The molecule has 0 spiro atoms. The number of hydrogen-bond acceptors (Lipinski definition) is 1. The van der Waals surface area contributed by atoms with E-state index in [-0.39, 0.29) is 18.9 Å². The Balaban J connectivity index is 0.00000178. The van der Waals surface area contributed by atoms with Crippen molar-refractivity contribution in [3.63, 3.8) is 0 Å². The zero-order valence-electron chi connectivity index (χ0n) is 34.8. The quantitative estimate of drug-likeness (QED) is 0.141. The van der Waals surface area contributed by atoms with Crippen LogP contribution in [-0.4, -0.2) is 13.2 Å². The molecular formula is C46H71LiO. The van der Waals surface area contributed by atoms with E-state index in [1.165, 1.54) is 66.8 Å². The minimum atomic E-state index is 0. The molecule has 0 aromatic heterocycles. The van der Waals surface area contributed by atoms with Gasteiger partial charge in [-0.2, -0.15) is 0 Å². The maximum Gasteiger partial charge on any atom is 1.00 e. The van der Waals surface area contributed by atoms with Crippen molar-refractivity contribution < 1.29 is 23.6 Å². The molecule has 0 bridgehead atoms. The van der Waals surface area contributed by atoms with Gasteiger partial charge in [0.05, 0.1) is 0 Å². The average molecular weight is 647 g/mol. The second kappa shape index (κ2) is 19.6. The third kappa shape index (κ3) is 10.6. The maximum absolute atomic E-state index is 4.83. The molecule has 0 aliphatic heterocycles. The minimum Gasteiger partial charge on any atom is -0.382 e. The van der Waals surface area contributed by atoms with Gasteiger partial charge in [-0.15, -0.1) is 34.4 Å². The Labute approximate surface area is 310 Å². The summed E-state index contributed by atoms with van der Waals surface area (Å²) in [6.45, 7) is 43.3. The van der Waals surface area contributed by atoms with E-state index in [4.69, 9.17) is 4.74 Å². The van der Waals surface area contributed by atoms with Gasteiger partial charge in [0.1, 0.15) is 0 Å². The van der Waals surface area contributed by atoms with Crippen LogP contribution in [0.5, 0.6) is 0 Å². The molecule has 0 radical (unpaired) electrons. The van der Waals surface area contributed by atoms with Crippen LogP contribution in [0, 0.1) is 6.07 Å². The number of rotatable bonds is 12. The van der Waals surface area contributed by atoms with Crippen LogP contribution in [0.4, 0.5) is 0 Å². The summed E-state index contributed by atoms with van der Waals surface area (Å²) in [6, 6.07) is 16.8. The van der Waals surface area contributed by atoms with Crippen molar-refractivity contribution in [2.24, 2.45) is 0 Å². The van der Waals surface area contributed by atoms with Gasteiger partial charge in [-0.05, 0) is 72.3 Å². The molecule has 2 heteroatoms. The van der Waals surface area contributed by atoms with Crippen molar-refractivity contribution in [1.82, 2.24) is 0 Å². The Morgan fingerprint density at radius 3 is 0.812 bits per heavy atom. The third-order valence-electron chi connectivity index (χ3n) is 9.56. The molecule has 0 N–H and O–H groups in total. The summed E-state index contributed by atoms with van der Waals surface area (Å²) in [4.78, 5) is 0. The fourth-order valence-corrected chi connectivity index (χ4v) is 6.60. The van der Waals surface area contributed by atoms with Crippen LogP contribution in [0.15, 0.2) is 30.3 Å². The predicted octanol–water partition coefficient (Wildman–Crippen LogP) is 11.9. The number of benzene rings is 3. The largest absolute Gasteiger partial charge is 1.00 e. The smallest absolute Gasteiger partial charge is 0.382 e. The van der Waals surface area contributed by atoms with Crippen LogP contribution in [-0.2, 0) is 4.74 Å². The molecule has 0 aliphatic carbocycles. The molecule has 0 heterocycles. The van der Waals surface area contributed by atoms with Crippen molar-refractivity contribution >= 4 is 0 Å². The zero-order chi connectivity index (χ0) is 35.9. The van der Waals surface area contributed by atoms with Gasteiger partial charge < -0.3 is 4.74 Å². The topological polar surface area (TPSA) is 9.23 Å². The summed E-state index contributed by atoms with van der Waals surface area (Å²) in [6.07, 6.45) is 0. The molecule has 0 atom stereocenters. The molecule has 0 amide bonds. The van der Waals surface area contributed by atoms with E-state index in [2.05, 4.69) is 147 Å². The maximum atomic E-state index is 4.83. The van der Waals surface area contributed by atoms with Gasteiger partial charge in [0.2, 0.25) is 0 Å². The van der Waals surface area contributed by atoms with Crippen molar-refractivity contribution in [3.8, 4) is 22.3 Å². The summed E-state index contributed by atoms with van der Waals surface area (Å²) >= 11 is 0. The van der Waals surface area contributed by atoms with E-state index < -0.39 is 0 Å². The molecule has 0 unspecified atom stereocenters. The SMILES string of the molecule is CC(C)c1cc(C(C)C)c(-c2[c-]c(-c3c(C(C)C)cc(C(C)C)cc3C(C)C)c(C(C)C)cc2C(C)C)c(C(C)C)c1.CCOCC.[Li+]. The minimum absolute atomic E-state index is 0. The second-order valence-corrected chi connectivity index (χ2v) is 16.1.